The number of hydrogen-bond acceptors (Lipinski definition) is 7. The van der Waals surface area contributed by atoms with Gasteiger partial charge in [0.15, 0.2) is 0 Å². The minimum absolute atomic E-state index is 0.241. The smallest absolute Gasteiger partial charge is 0.251 e. The Morgan fingerprint density at radius 3 is 2.58 bits per heavy atom. The summed E-state index contributed by atoms with van der Waals surface area (Å²) in [5, 5.41) is 10.8. The van der Waals surface area contributed by atoms with E-state index in [-0.39, 0.29) is 5.91 Å². The van der Waals surface area contributed by atoms with Gasteiger partial charge in [-0.15, -0.1) is 10.2 Å². The lowest BCUT2D eigenvalue weighted by molar-refractivity contribution is 0.0953. The summed E-state index contributed by atoms with van der Waals surface area (Å²) < 4.78 is 15.9. The van der Waals surface area contributed by atoms with Crippen LogP contribution in [0.15, 0.2) is 47.1 Å². The van der Waals surface area contributed by atoms with E-state index in [0.717, 1.165) is 5.56 Å². The van der Waals surface area contributed by atoms with Gasteiger partial charge in [0, 0.05) is 37.0 Å². The van der Waals surface area contributed by atoms with E-state index >= 15 is 0 Å². The lowest BCUT2D eigenvalue weighted by atomic mass is 10.2. The molecule has 0 unspecified atom stereocenters. The van der Waals surface area contributed by atoms with Crippen molar-refractivity contribution in [3.8, 4) is 23.0 Å². The van der Waals surface area contributed by atoms with E-state index in [4.69, 9.17) is 13.9 Å². The van der Waals surface area contributed by atoms with Gasteiger partial charge in [0.1, 0.15) is 11.5 Å². The van der Waals surface area contributed by atoms with Crippen LogP contribution in [0.5, 0.6) is 11.5 Å². The molecule has 0 fully saturated rings. The van der Waals surface area contributed by atoms with Crippen molar-refractivity contribution in [2.45, 2.75) is 6.42 Å². The van der Waals surface area contributed by atoms with Crippen LogP contribution in [0.25, 0.3) is 11.5 Å². The summed E-state index contributed by atoms with van der Waals surface area (Å²) in [7, 11) is 3.07. The maximum atomic E-state index is 12.3. The maximum absolute atomic E-state index is 12.3. The zero-order valence-electron chi connectivity index (χ0n) is 14.4. The van der Waals surface area contributed by atoms with Gasteiger partial charge >= 0.3 is 0 Å². The number of pyridine rings is 1. The van der Waals surface area contributed by atoms with Crippen molar-refractivity contribution in [1.29, 1.82) is 0 Å². The molecule has 2 heterocycles. The van der Waals surface area contributed by atoms with Gasteiger partial charge in [-0.1, -0.05) is 0 Å². The molecule has 0 aliphatic heterocycles. The number of nitrogens with one attached hydrogen (secondary N) is 1. The van der Waals surface area contributed by atoms with Crippen LogP contribution < -0.4 is 14.8 Å². The first-order valence-electron chi connectivity index (χ1n) is 7.93. The van der Waals surface area contributed by atoms with Crippen molar-refractivity contribution in [2.75, 3.05) is 20.8 Å². The predicted octanol–water partition coefficient (Wildman–Crippen LogP) is 2.12. The molecular weight excluding hydrogens is 336 g/mol. The molecule has 3 aromatic rings. The van der Waals surface area contributed by atoms with E-state index in [1.807, 2.05) is 6.07 Å². The molecule has 2 aromatic heterocycles. The molecule has 0 saturated carbocycles. The van der Waals surface area contributed by atoms with Gasteiger partial charge in [-0.25, -0.2) is 0 Å². The molecule has 0 atom stereocenters. The third-order valence-electron chi connectivity index (χ3n) is 3.61. The first-order valence-corrected chi connectivity index (χ1v) is 7.93. The summed E-state index contributed by atoms with van der Waals surface area (Å²) >= 11 is 0. The average Bonchev–Trinajstić information content (AvgIpc) is 3.17. The summed E-state index contributed by atoms with van der Waals surface area (Å²) in [5.41, 5.74) is 1.20. The van der Waals surface area contributed by atoms with Gasteiger partial charge in [-0.3, -0.25) is 9.78 Å². The zero-order chi connectivity index (χ0) is 18.4. The number of nitrogens with zero attached hydrogens (tertiary/aromatic N) is 3. The second-order valence-electron chi connectivity index (χ2n) is 5.35. The summed E-state index contributed by atoms with van der Waals surface area (Å²) in [5.74, 6) is 1.69. The van der Waals surface area contributed by atoms with Crippen LogP contribution in [0.3, 0.4) is 0 Å². The Labute approximate surface area is 150 Å². The van der Waals surface area contributed by atoms with Crippen molar-refractivity contribution < 1.29 is 18.7 Å². The molecule has 0 saturated heterocycles. The summed E-state index contributed by atoms with van der Waals surface area (Å²) in [6.45, 7) is 0.354. The van der Waals surface area contributed by atoms with Gasteiger partial charge in [0.05, 0.1) is 19.8 Å². The fourth-order valence-electron chi connectivity index (χ4n) is 2.28. The highest BCUT2D eigenvalue weighted by Gasteiger charge is 2.12. The minimum Gasteiger partial charge on any atom is -0.497 e. The van der Waals surface area contributed by atoms with Gasteiger partial charge in [-0.05, 0) is 24.3 Å². The predicted molar refractivity (Wildman–Crippen MR) is 93.1 cm³/mol. The van der Waals surface area contributed by atoms with Crippen molar-refractivity contribution in [3.05, 3.63) is 54.2 Å². The fourth-order valence-corrected chi connectivity index (χ4v) is 2.28. The Morgan fingerprint density at radius 1 is 1.15 bits per heavy atom. The van der Waals surface area contributed by atoms with E-state index in [1.54, 1.807) is 36.7 Å². The number of benzene rings is 1. The second-order valence-corrected chi connectivity index (χ2v) is 5.35. The molecule has 134 valence electrons. The van der Waals surface area contributed by atoms with Crippen LogP contribution in [0.1, 0.15) is 16.2 Å². The van der Waals surface area contributed by atoms with Crippen molar-refractivity contribution in [1.82, 2.24) is 20.5 Å². The number of ether oxygens (including phenoxy) is 2. The number of amides is 1. The first-order chi connectivity index (χ1) is 12.7. The van der Waals surface area contributed by atoms with Crippen molar-refractivity contribution >= 4 is 5.91 Å². The number of rotatable bonds is 7. The van der Waals surface area contributed by atoms with E-state index in [2.05, 4.69) is 20.5 Å². The quantitative estimate of drug-likeness (QED) is 0.694. The Morgan fingerprint density at radius 2 is 1.92 bits per heavy atom. The molecule has 1 N–H and O–H groups in total. The third kappa shape index (κ3) is 4.15. The molecule has 0 aliphatic carbocycles. The Bertz CT molecular complexity index is 858. The van der Waals surface area contributed by atoms with Gasteiger partial charge in [0.25, 0.3) is 5.91 Å². The van der Waals surface area contributed by atoms with Gasteiger partial charge in [-0.2, -0.15) is 0 Å². The number of carbonyl (C=O) groups excluding carboxylic acids is 1. The van der Waals surface area contributed by atoms with E-state index in [0.29, 0.717) is 41.8 Å². The van der Waals surface area contributed by atoms with E-state index in [1.165, 1.54) is 14.2 Å². The summed E-state index contributed by atoms with van der Waals surface area (Å²) in [4.78, 5) is 16.3. The lowest BCUT2D eigenvalue weighted by Gasteiger charge is -2.08. The molecule has 0 spiro atoms. The average molecular weight is 354 g/mol. The van der Waals surface area contributed by atoms with Crippen LogP contribution in [0.4, 0.5) is 0 Å². The molecule has 26 heavy (non-hydrogen) atoms. The fraction of sp³-hybridized carbons (Fsp3) is 0.222. The minimum atomic E-state index is -0.241. The largest absolute Gasteiger partial charge is 0.497 e. The highest BCUT2D eigenvalue weighted by atomic mass is 16.5. The number of methoxy groups -OCH3 is 2. The molecule has 1 aromatic carbocycles. The zero-order valence-corrected chi connectivity index (χ0v) is 14.4. The standard InChI is InChI=1S/C18H18N4O4/c1-24-14-8-13(9-15(10-14)25-2)17(23)20-7-5-16-21-22-18(26-16)12-4-3-6-19-11-12/h3-4,6,8-11H,5,7H2,1-2H3,(H,20,23). The van der Waals surface area contributed by atoms with Crippen molar-refractivity contribution in [3.63, 3.8) is 0 Å². The van der Waals surface area contributed by atoms with E-state index < -0.39 is 0 Å². The highest BCUT2D eigenvalue weighted by Crippen LogP contribution is 2.22. The van der Waals surface area contributed by atoms with Crippen molar-refractivity contribution in [2.24, 2.45) is 0 Å². The molecule has 8 heteroatoms. The third-order valence-corrected chi connectivity index (χ3v) is 3.61. The molecule has 3 rings (SSSR count). The number of hydrogen-bond donors (Lipinski definition) is 1. The van der Waals surface area contributed by atoms with Gasteiger partial charge < -0.3 is 19.2 Å². The monoisotopic (exact) mass is 354 g/mol. The van der Waals surface area contributed by atoms with Crippen LogP contribution >= 0.6 is 0 Å². The second kappa shape index (κ2) is 8.11. The SMILES string of the molecule is COc1cc(OC)cc(C(=O)NCCc2nnc(-c3cccnc3)o2)c1. The Kier molecular flexibility index (Phi) is 5.43. The molecule has 1 amide bonds. The van der Waals surface area contributed by atoms with E-state index in [9.17, 15) is 4.79 Å². The highest BCUT2D eigenvalue weighted by molar-refractivity contribution is 5.95. The molecule has 0 aliphatic rings. The lowest BCUT2D eigenvalue weighted by Crippen LogP contribution is -2.25. The maximum Gasteiger partial charge on any atom is 0.251 e. The van der Waals surface area contributed by atoms with Crippen LogP contribution in [0.2, 0.25) is 0 Å². The first kappa shape index (κ1) is 17.4. The molecule has 0 bridgehead atoms. The van der Waals surface area contributed by atoms with Crippen LogP contribution in [-0.2, 0) is 6.42 Å². The molecule has 0 radical (unpaired) electrons. The number of aromatic nitrogens is 3. The summed E-state index contributed by atoms with van der Waals surface area (Å²) in [6.07, 6.45) is 3.74. The van der Waals surface area contributed by atoms with Gasteiger partial charge in [0.2, 0.25) is 11.8 Å². The molecular formula is C18H18N4O4. The Hall–Kier alpha value is -3.42. The topological polar surface area (TPSA) is 99.4 Å². The molecule has 8 nitrogen and oxygen atoms in total. The summed E-state index contributed by atoms with van der Waals surface area (Å²) in [6, 6.07) is 8.62. The number of carbonyl (C=O) groups is 1. The Balaban J connectivity index is 1.58. The van der Waals surface area contributed by atoms with Crippen LogP contribution in [0, 0.1) is 0 Å². The normalized spacial score (nSPS) is 10.4. The van der Waals surface area contributed by atoms with Crippen LogP contribution in [-0.4, -0.2) is 41.9 Å².